The van der Waals surface area contributed by atoms with Crippen LogP contribution >= 0.6 is 0 Å². The molecule has 1 aromatic rings. The lowest BCUT2D eigenvalue weighted by Crippen LogP contribution is -2.45. The molecule has 3 nitrogen and oxygen atoms in total. The zero-order valence-corrected chi connectivity index (χ0v) is 11.1. The van der Waals surface area contributed by atoms with Gasteiger partial charge in [0, 0.05) is 38.2 Å². The number of rotatable bonds is 3. The Kier molecular flexibility index (Phi) is 3.64. The van der Waals surface area contributed by atoms with Crippen LogP contribution in [0.4, 0.5) is 0 Å². The Bertz CT molecular complexity index is 382. The van der Waals surface area contributed by atoms with E-state index in [1.54, 1.807) is 0 Å². The summed E-state index contributed by atoms with van der Waals surface area (Å²) in [6, 6.07) is 9.40. The summed E-state index contributed by atoms with van der Waals surface area (Å²) in [6.45, 7) is 5.15. The Balaban J connectivity index is 1.61. The van der Waals surface area contributed by atoms with E-state index in [1.165, 1.54) is 11.1 Å². The van der Waals surface area contributed by atoms with E-state index in [-0.39, 0.29) is 0 Å². The predicted octanol–water partition coefficient (Wildman–Crippen LogP) is 1.63. The van der Waals surface area contributed by atoms with Gasteiger partial charge in [0.25, 0.3) is 0 Å². The third kappa shape index (κ3) is 2.44. The quantitative estimate of drug-likeness (QED) is 0.877. The van der Waals surface area contributed by atoms with Gasteiger partial charge in [0.15, 0.2) is 0 Å². The summed E-state index contributed by atoms with van der Waals surface area (Å²) >= 11 is 0. The summed E-state index contributed by atoms with van der Waals surface area (Å²) in [4.78, 5) is 2.55. The normalized spacial score (nSPS) is 28.3. The second-order valence-corrected chi connectivity index (χ2v) is 5.46. The Hall–Kier alpha value is -0.900. The summed E-state index contributed by atoms with van der Waals surface area (Å²) < 4.78 is 5.63. The highest BCUT2D eigenvalue weighted by Gasteiger charge is 2.28. The predicted molar refractivity (Wildman–Crippen MR) is 72.3 cm³/mol. The maximum Gasteiger partial charge on any atom is 0.0521 e. The number of nitrogens with one attached hydrogen (secondary N) is 1. The molecule has 1 saturated heterocycles. The third-order valence-electron chi connectivity index (χ3n) is 4.24. The number of hydrogen-bond donors (Lipinski definition) is 1. The van der Waals surface area contributed by atoms with E-state index in [0.29, 0.717) is 12.0 Å². The molecule has 0 aliphatic carbocycles. The molecule has 0 spiro atoms. The molecule has 0 saturated carbocycles. The van der Waals surface area contributed by atoms with Crippen molar-refractivity contribution in [2.24, 2.45) is 5.92 Å². The van der Waals surface area contributed by atoms with Crippen LogP contribution in [0, 0.1) is 5.92 Å². The average molecular weight is 246 g/mol. The van der Waals surface area contributed by atoms with Crippen LogP contribution in [0.25, 0.3) is 0 Å². The van der Waals surface area contributed by atoms with Crippen molar-refractivity contribution < 1.29 is 4.74 Å². The van der Waals surface area contributed by atoms with Gasteiger partial charge < -0.3 is 10.1 Å². The molecule has 0 amide bonds. The van der Waals surface area contributed by atoms with Gasteiger partial charge in [0.05, 0.1) is 6.61 Å². The van der Waals surface area contributed by atoms with Gasteiger partial charge in [-0.05, 0) is 24.6 Å². The minimum Gasteiger partial charge on any atom is -0.381 e. The first-order valence-corrected chi connectivity index (χ1v) is 6.91. The van der Waals surface area contributed by atoms with E-state index in [0.717, 1.165) is 39.3 Å². The molecular formula is C15H22N2O. The van der Waals surface area contributed by atoms with Crippen LogP contribution in [0.2, 0.25) is 0 Å². The second kappa shape index (κ2) is 5.39. The standard InChI is InChI=1S/C15H22N2O/c1-16-15-6-7-18-11-14(15)10-17-8-12-4-2-3-5-13(12)9-17/h2-5,14-16H,6-11H2,1H3. The van der Waals surface area contributed by atoms with Gasteiger partial charge in [-0.25, -0.2) is 0 Å². The Morgan fingerprint density at radius 3 is 2.67 bits per heavy atom. The summed E-state index contributed by atoms with van der Waals surface area (Å²) in [5.41, 5.74) is 2.99. The first-order valence-electron chi connectivity index (χ1n) is 6.91. The number of hydrogen-bond acceptors (Lipinski definition) is 3. The zero-order chi connectivity index (χ0) is 12.4. The monoisotopic (exact) mass is 246 g/mol. The highest BCUT2D eigenvalue weighted by atomic mass is 16.5. The van der Waals surface area contributed by atoms with Crippen LogP contribution in [-0.2, 0) is 17.8 Å². The lowest BCUT2D eigenvalue weighted by atomic mass is 9.95. The molecule has 18 heavy (non-hydrogen) atoms. The fourth-order valence-corrected chi connectivity index (χ4v) is 3.22. The van der Waals surface area contributed by atoms with Crippen molar-refractivity contribution in [2.45, 2.75) is 25.6 Å². The summed E-state index contributed by atoms with van der Waals surface area (Å²) in [5, 5.41) is 3.44. The van der Waals surface area contributed by atoms with Gasteiger partial charge in [-0.15, -0.1) is 0 Å². The van der Waals surface area contributed by atoms with Crippen LogP contribution in [0.3, 0.4) is 0 Å². The number of nitrogens with zero attached hydrogens (tertiary/aromatic N) is 1. The molecule has 0 bridgehead atoms. The largest absolute Gasteiger partial charge is 0.381 e. The Morgan fingerprint density at radius 2 is 2.00 bits per heavy atom. The van der Waals surface area contributed by atoms with Gasteiger partial charge in [-0.2, -0.15) is 0 Å². The van der Waals surface area contributed by atoms with Gasteiger partial charge in [-0.3, -0.25) is 4.90 Å². The zero-order valence-electron chi connectivity index (χ0n) is 11.1. The lowest BCUT2D eigenvalue weighted by Gasteiger charge is -2.34. The number of ether oxygens (including phenoxy) is 1. The first kappa shape index (κ1) is 12.2. The highest BCUT2D eigenvalue weighted by molar-refractivity contribution is 5.30. The molecule has 1 aromatic carbocycles. The molecule has 1 N–H and O–H groups in total. The van der Waals surface area contributed by atoms with Crippen molar-refractivity contribution in [3.63, 3.8) is 0 Å². The van der Waals surface area contributed by atoms with Crippen molar-refractivity contribution in [3.05, 3.63) is 35.4 Å². The highest BCUT2D eigenvalue weighted by Crippen LogP contribution is 2.25. The van der Waals surface area contributed by atoms with E-state index < -0.39 is 0 Å². The molecule has 98 valence electrons. The molecule has 0 radical (unpaired) electrons. The van der Waals surface area contributed by atoms with E-state index in [2.05, 4.69) is 41.5 Å². The van der Waals surface area contributed by atoms with Crippen molar-refractivity contribution in [2.75, 3.05) is 26.8 Å². The van der Waals surface area contributed by atoms with Crippen LogP contribution in [0.5, 0.6) is 0 Å². The summed E-state index contributed by atoms with van der Waals surface area (Å²) in [7, 11) is 2.07. The molecule has 2 unspecified atom stereocenters. The van der Waals surface area contributed by atoms with E-state index in [9.17, 15) is 0 Å². The third-order valence-corrected chi connectivity index (χ3v) is 4.24. The van der Waals surface area contributed by atoms with Crippen molar-refractivity contribution >= 4 is 0 Å². The minimum absolute atomic E-state index is 0.613. The minimum atomic E-state index is 0.613. The molecular weight excluding hydrogens is 224 g/mol. The molecule has 0 aromatic heterocycles. The molecule has 2 atom stereocenters. The van der Waals surface area contributed by atoms with Crippen molar-refractivity contribution in [1.82, 2.24) is 10.2 Å². The van der Waals surface area contributed by atoms with Crippen LogP contribution < -0.4 is 5.32 Å². The van der Waals surface area contributed by atoms with E-state index in [1.807, 2.05) is 0 Å². The maximum absolute atomic E-state index is 5.63. The molecule has 2 aliphatic rings. The van der Waals surface area contributed by atoms with Crippen LogP contribution in [0.15, 0.2) is 24.3 Å². The van der Waals surface area contributed by atoms with Crippen molar-refractivity contribution in [1.29, 1.82) is 0 Å². The maximum atomic E-state index is 5.63. The molecule has 2 heterocycles. The van der Waals surface area contributed by atoms with E-state index in [4.69, 9.17) is 4.74 Å². The fraction of sp³-hybridized carbons (Fsp3) is 0.600. The topological polar surface area (TPSA) is 24.5 Å². The Morgan fingerprint density at radius 1 is 1.28 bits per heavy atom. The SMILES string of the molecule is CNC1CCOCC1CN1Cc2ccccc2C1. The molecule has 3 rings (SSSR count). The molecule has 1 fully saturated rings. The number of fused-ring (bicyclic) bond motifs is 1. The van der Waals surface area contributed by atoms with E-state index >= 15 is 0 Å². The number of benzene rings is 1. The smallest absolute Gasteiger partial charge is 0.0521 e. The van der Waals surface area contributed by atoms with Gasteiger partial charge in [0.1, 0.15) is 0 Å². The van der Waals surface area contributed by atoms with Gasteiger partial charge in [-0.1, -0.05) is 24.3 Å². The summed E-state index contributed by atoms with van der Waals surface area (Å²) in [5.74, 6) is 0.623. The van der Waals surface area contributed by atoms with Gasteiger partial charge in [0.2, 0.25) is 0 Å². The lowest BCUT2D eigenvalue weighted by molar-refractivity contribution is 0.0178. The van der Waals surface area contributed by atoms with Crippen molar-refractivity contribution in [3.8, 4) is 0 Å². The molecule has 2 aliphatic heterocycles. The summed E-state index contributed by atoms with van der Waals surface area (Å²) in [6.07, 6.45) is 1.14. The van der Waals surface area contributed by atoms with Crippen LogP contribution in [-0.4, -0.2) is 37.7 Å². The first-order chi connectivity index (χ1) is 8.86. The second-order valence-electron chi connectivity index (χ2n) is 5.46. The molecule has 3 heteroatoms. The average Bonchev–Trinajstić information content (AvgIpc) is 2.81. The Labute approximate surface area is 109 Å². The fourth-order valence-electron chi connectivity index (χ4n) is 3.22. The van der Waals surface area contributed by atoms with Crippen LogP contribution in [0.1, 0.15) is 17.5 Å². The van der Waals surface area contributed by atoms with Gasteiger partial charge >= 0.3 is 0 Å².